The largest absolute Gasteiger partial charge is 0.465 e. The van der Waals surface area contributed by atoms with Crippen LogP contribution < -0.4 is 0 Å². The van der Waals surface area contributed by atoms with Crippen molar-refractivity contribution in [2.45, 2.75) is 39.7 Å². The highest BCUT2D eigenvalue weighted by Crippen LogP contribution is 2.52. The first-order valence-electron chi connectivity index (χ1n) is 9.88. The number of imidazole rings is 1. The van der Waals surface area contributed by atoms with Crippen molar-refractivity contribution < 1.29 is 9.90 Å². The third kappa shape index (κ3) is 3.23. The van der Waals surface area contributed by atoms with Gasteiger partial charge >= 0.3 is 6.09 Å². The highest BCUT2D eigenvalue weighted by Gasteiger charge is 2.57. The van der Waals surface area contributed by atoms with E-state index in [1.807, 2.05) is 18.2 Å². The summed E-state index contributed by atoms with van der Waals surface area (Å²) in [5.74, 6) is 1.01. The van der Waals surface area contributed by atoms with E-state index in [1.165, 1.54) is 0 Å². The zero-order valence-electron chi connectivity index (χ0n) is 17.2. The Balaban J connectivity index is 1.85. The van der Waals surface area contributed by atoms with Gasteiger partial charge < -0.3 is 10.1 Å². The molecule has 0 saturated carbocycles. The summed E-state index contributed by atoms with van der Waals surface area (Å²) in [6, 6.07) is 14.4. The van der Waals surface area contributed by atoms with Gasteiger partial charge in [0.05, 0.1) is 11.0 Å². The monoisotopic (exact) mass is 455 g/mol. The van der Waals surface area contributed by atoms with E-state index in [0.717, 1.165) is 38.9 Å². The molecule has 2 aromatic carbocycles. The van der Waals surface area contributed by atoms with Gasteiger partial charge in [-0.15, -0.1) is 0 Å². The number of halogens is 1. The standard InChI is InChI=1S/C23H26BrN3O2/c1-14-12-23(22(2,3)4,27(13-14)21(28)29)20-25-18-10-7-16(11-19(18)26-20)15-5-8-17(24)9-6-15/h5-11,14H,12-13H2,1-4H3,(H,25,26)(H,28,29)/t14-,23+/m0/s1. The van der Waals surface area contributed by atoms with E-state index < -0.39 is 11.6 Å². The number of hydrogen-bond donors (Lipinski definition) is 2. The summed E-state index contributed by atoms with van der Waals surface area (Å²) >= 11 is 3.48. The number of hydrogen-bond acceptors (Lipinski definition) is 2. The number of nitrogens with zero attached hydrogens (tertiary/aromatic N) is 2. The van der Waals surface area contributed by atoms with Crippen LogP contribution in [0.25, 0.3) is 22.2 Å². The number of aromatic nitrogens is 2. The van der Waals surface area contributed by atoms with Crippen LogP contribution in [0.15, 0.2) is 46.9 Å². The van der Waals surface area contributed by atoms with Crippen LogP contribution in [0.4, 0.5) is 4.79 Å². The average molecular weight is 456 g/mol. The van der Waals surface area contributed by atoms with Crippen molar-refractivity contribution in [2.24, 2.45) is 11.3 Å². The number of aromatic amines is 1. The Morgan fingerprint density at radius 1 is 1.21 bits per heavy atom. The highest BCUT2D eigenvalue weighted by atomic mass is 79.9. The number of carboxylic acid groups (broad SMARTS) is 1. The Morgan fingerprint density at radius 2 is 1.86 bits per heavy atom. The molecule has 0 bridgehead atoms. The molecule has 29 heavy (non-hydrogen) atoms. The molecule has 4 rings (SSSR count). The lowest BCUT2D eigenvalue weighted by Crippen LogP contribution is -2.53. The molecule has 6 heteroatoms. The van der Waals surface area contributed by atoms with E-state index in [2.05, 4.69) is 72.9 Å². The van der Waals surface area contributed by atoms with Crippen molar-refractivity contribution in [1.82, 2.24) is 14.9 Å². The number of likely N-dealkylation sites (tertiary alicyclic amines) is 1. The Labute approximate surface area is 179 Å². The van der Waals surface area contributed by atoms with Gasteiger partial charge in [0, 0.05) is 11.0 Å². The zero-order chi connectivity index (χ0) is 21.0. The van der Waals surface area contributed by atoms with E-state index in [1.54, 1.807) is 4.90 Å². The van der Waals surface area contributed by atoms with E-state index in [0.29, 0.717) is 6.54 Å². The fourth-order valence-electron chi connectivity index (χ4n) is 4.71. The van der Waals surface area contributed by atoms with Gasteiger partial charge in [0.25, 0.3) is 0 Å². The number of nitrogens with one attached hydrogen (secondary N) is 1. The Hall–Kier alpha value is -2.34. The first-order chi connectivity index (χ1) is 13.6. The second-order valence-corrected chi connectivity index (χ2v) is 10.1. The molecule has 2 heterocycles. The minimum absolute atomic E-state index is 0.275. The summed E-state index contributed by atoms with van der Waals surface area (Å²) in [6.07, 6.45) is -0.136. The summed E-state index contributed by atoms with van der Waals surface area (Å²) in [5.41, 5.74) is 3.01. The van der Waals surface area contributed by atoms with Crippen molar-refractivity contribution in [1.29, 1.82) is 0 Å². The topological polar surface area (TPSA) is 69.2 Å². The number of amides is 1. The molecule has 0 aliphatic carbocycles. The molecule has 152 valence electrons. The number of benzene rings is 2. The van der Waals surface area contributed by atoms with Crippen LogP contribution >= 0.6 is 15.9 Å². The number of rotatable bonds is 2. The van der Waals surface area contributed by atoms with Gasteiger partial charge in [-0.2, -0.15) is 0 Å². The summed E-state index contributed by atoms with van der Waals surface area (Å²) in [5, 5.41) is 9.96. The Bertz CT molecular complexity index is 1070. The normalized spacial score (nSPS) is 22.4. The van der Waals surface area contributed by atoms with Gasteiger partial charge in [-0.25, -0.2) is 9.78 Å². The van der Waals surface area contributed by atoms with Crippen molar-refractivity contribution in [2.75, 3.05) is 6.54 Å². The molecule has 1 aliphatic rings. The SMILES string of the molecule is C[C@@H]1CN(C(=O)O)[C@](c2nc3ccc(-c4ccc(Br)cc4)cc3[nH]2)(C(C)(C)C)C1. The molecule has 1 saturated heterocycles. The van der Waals surface area contributed by atoms with E-state index in [4.69, 9.17) is 4.98 Å². The minimum Gasteiger partial charge on any atom is -0.465 e. The maximum atomic E-state index is 12.1. The van der Waals surface area contributed by atoms with Crippen molar-refractivity contribution in [3.05, 3.63) is 52.8 Å². The van der Waals surface area contributed by atoms with Gasteiger partial charge in [-0.1, -0.05) is 61.8 Å². The summed E-state index contributed by atoms with van der Waals surface area (Å²) < 4.78 is 1.04. The Kier molecular flexibility index (Phi) is 4.73. The van der Waals surface area contributed by atoms with Crippen LogP contribution in [0.5, 0.6) is 0 Å². The van der Waals surface area contributed by atoms with Crippen LogP contribution in [0.2, 0.25) is 0 Å². The maximum Gasteiger partial charge on any atom is 0.408 e. The smallest absolute Gasteiger partial charge is 0.408 e. The van der Waals surface area contributed by atoms with Gasteiger partial charge in [0.15, 0.2) is 0 Å². The van der Waals surface area contributed by atoms with Crippen molar-refractivity contribution in [3.8, 4) is 11.1 Å². The maximum absolute atomic E-state index is 12.1. The third-order valence-corrected chi connectivity index (χ3v) is 6.65. The van der Waals surface area contributed by atoms with Crippen LogP contribution in [0.3, 0.4) is 0 Å². The van der Waals surface area contributed by atoms with Gasteiger partial charge in [-0.3, -0.25) is 4.90 Å². The summed E-state index contributed by atoms with van der Waals surface area (Å²) in [6.45, 7) is 8.93. The summed E-state index contributed by atoms with van der Waals surface area (Å²) in [7, 11) is 0. The second-order valence-electron chi connectivity index (χ2n) is 9.14. The molecular weight excluding hydrogens is 430 g/mol. The average Bonchev–Trinajstić information content (AvgIpc) is 3.23. The van der Waals surface area contributed by atoms with Gasteiger partial charge in [0.2, 0.25) is 0 Å². The molecule has 1 amide bonds. The first-order valence-corrected chi connectivity index (χ1v) is 10.7. The fourth-order valence-corrected chi connectivity index (χ4v) is 4.97. The van der Waals surface area contributed by atoms with Crippen LogP contribution in [0, 0.1) is 11.3 Å². The zero-order valence-corrected chi connectivity index (χ0v) is 18.7. The molecule has 2 atom stereocenters. The molecule has 1 fully saturated rings. The molecule has 1 aliphatic heterocycles. The van der Waals surface area contributed by atoms with Gasteiger partial charge in [0.1, 0.15) is 11.4 Å². The van der Waals surface area contributed by atoms with E-state index >= 15 is 0 Å². The van der Waals surface area contributed by atoms with E-state index in [9.17, 15) is 9.90 Å². The van der Waals surface area contributed by atoms with E-state index in [-0.39, 0.29) is 11.3 Å². The quantitative estimate of drug-likeness (QED) is 0.479. The highest BCUT2D eigenvalue weighted by molar-refractivity contribution is 9.10. The molecule has 2 N–H and O–H groups in total. The lowest BCUT2D eigenvalue weighted by molar-refractivity contribution is 0.0217. The molecule has 0 radical (unpaired) electrons. The predicted octanol–water partition coefficient (Wildman–Crippen LogP) is 6.25. The molecular formula is C23H26BrN3O2. The first kappa shape index (κ1) is 20.0. The van der Waals surface area contributed by atoms with Crippen LogP contribution in [-0.4, -0.2) is 32.6 Å². The lowest BCUT2D eigenvalue weighted by Gasteiger charge is -2.45. The molecule has 0 spiro atoms. The van der Waals surface area contributed by atoms with Crippen molar-refractivity contribution in [3.63, 3.8) is 0 Å². The number of carbonyl (C=O) groups is 1. The number of fused-ring (bicyclic) bond motifs is 1. The van der Waals surface area contributed by atoms with Crippen LogP contribution in [-0.2, 0) is 5.54 Å². The molecule has 3 aromatic rings. The third-order valence-electron chi connectivity index (χ3n) is 6.12. The molecule has 5 nitrogen and oxygen atoms in total. The number of H-pyrrole nitrogens is 1. The predicted molar refractivity (Wildman–Crippen MR) is 119 cm³/mol. The lowest BCUT2D eigenvalue weighted by atomic mass is 9.70. The minimum atomic E-state index is -0.889. The van der Waals surface area contributed by atoms with Crippen molar-refractivity contribution >= 4 is 33.1 Å². The Morgan fingerprint density at radius 3 is 2.48 bits per heavy atom. The fraction of sp³-hybridized carbons (Fsp3) is 0.391. The summed E-state index contributed by atoms with van der Waals surface area (Å²) in [4.78, 5) is 22.1. The molecule has 0 unspecified atom stereocenters. The van der Waals surface area contributed by atoms with Gasteiger partial charge in [-0.05, 0) is 53.1 Å². The van der Waals surface area contributed by atoms with Crippen LogP contribution in [0.1, 0.15) is 39.9 Å². The second kappa shape index (κ2) is 6.87. The molecule has 1 aromatic heterocycles.